The summed E-state index contributed by atoms with van der Waals surface area (Å²) in [7, 11) is 0. The van der Waals surface area contributed by atoms with Gasteiger partial charge in [-0.25, -0.2) is 0 Å². The Labute approximate surface area is 132 Å². The van der Waals surface area contributed by atoms with Gasteiger partial charge < -0.3 is 10.0 Å². The fraction of sp³-hybridized carbons (Fsp3) is 0.611. The second-order valence-electron chi connectivity index (χ2n) is 6.73. The summed E-state index contributed by atoms with van der Waals surface area (Å²) in [5.41, 5.74) is 2.33. The molecule has 0 bridgehead atoms. The number of hydrogen-bond acceptors (Lipinski definition) is 3. The van der Waals surface area contributed by atoms with E-state index < -0.39 is 0 Å². The molecule has 0 saturated carbocycles. The number of para-hydroxylation sites is 1. The molecule has 4 heteroatoms. The fourth-order valence-electron chi connectivity index (χ4n) is 3.57. The van der Waals surface area contributed by atoms with Gasteiger partial charge in [0, 0.05) is 18.8 Å². The van der Waals surface area contributed by atoms with Crippen LogP contribution in [0.5, 0.6) is 0 Å². The largest absolute Gasteiger partial charge is 0.392 e. The van der Waals surface area contributed by atoms with Crippen molar-refractivity contribution in [2.45, 2.75) is 45.3 Å². The van der Waals surface area contributed by atoms with Gasteiger partial charge in [0.2, 0.25) is 5.91 Å². The van der Waals surface area contributed by atoms with Crippen LogP contribution >= 0.6 is 0 Å². The number of anilines is 1. The fourth-order valence-corrected chi connectivity index (χ4v) is 3.57. The standard InChI is InChI=1S/C18H26N2O2/c1-13-9-11-19(12-17(13)21)14(2)18(22)20-10-5-7-15-6-3-4-8-16(15)20/h3-4,6,8,13-14,17,21H,5,7,9-12H2,1-2H3. The second kappa shape index (κ2) is 6.39. The van der Waals surface area contributed by atoms with Crippen molar-refractivity contribution in [1.82, 2.24) is 4.90 Å². The van der Waals surface area contributed by atoms with Crippen molar-refractivity contribution in [3.05, 3.63) is 29.8 Å². The van der Waals surface area contributed by atoms with Gasteiger partial charge in [-0.3, -0.25) is 9.69 Å². The van der Waals surface area contributed by atoms with E-state index in [1.54, 1.807) is 0 Å². The lowest BCUT2D eigenvalue weighted by Crippen LogP contribution is -2.53. The molecule has 1 saturated heterocycles. The topological polar surface area (TPSA) is 43.8 Å². The van der Waals surface area contributed by atoms with E-state index in [0.717, 1.165) is 38.0 Å². The molecule has 0 spiro atoms. The number of fused-ring (bicyclic) bond motifs is 1. The maximum atomic E-state index is 13.0. The Balaban J connectivity index is 1.74. The van der Waals surface area contributed by atoms with Gasteiger partial charge >= 0.3 is 0 Å². The Bertz CT molecular complexity index is 546. The lowest BCUT2D eigenvalue weighted by atomic mass is 9.94. The van der Waals surface area contributed by atoms with Gasteiger partial charge in [-0.15, -0.1) is 0 Å². The van der Waals surface area contributed by atoms with Crippen molar-refractivity contribution >= 4 is 11.6 Å². The summed E-state index contributed by atoms with van der Waals surface area (Å²) in [6.07, 6.45) is 2.70. The number of carbonyl (C=O) groups is 1. The third-order valence-corrected chi connectivity index (χ3v) is 5.23. The molecule has 2 aliphatic rings. The highest BCUT2D eigenvalue weighted by Crippen LogP contribution is 2.28. The zero-order valence-electron chi connectivity index (χ0n) is 13.5. The molecule has 2 heterocycles. The van der Waals surface area contributed by atoms with E-state index >= 15 is 0 Å². The Hall–Kier alpha value is -1.39. The third-order valence-electron chi connectivity index (χ3n) is 5.23. The number of rotatable bonds is 2. The number of likely N-dealkylation sites (tertiary alicyclic amines) is 1. The third kappa shape index (κ3) is 2.90. The Morgan fingerprint density at radius 3 is 2.86 bits per heavy atom. The average Bonchev–Trinajstić information content (AvgIpc) is 2.55. The van der Waals surface area contributed by atoms with Crippen molar-refractivity contribution in [2.75, 3.05) is 24.5 Å². The molecule has 1 aromatic carbocycles. The van der Waals surface area contributed by atoms with Gasteiger partial charge in [0.1, 0.15) is 0 Å². The van der Waals surface area contributed by atoms with Gasteiger partial charge in [-0.05, 0) is 50.3 Å². The van der Waals surface area contributed by atoms with Crippen LogP contribution in [0, 0.1) is 5.92 Å². The van der Waals surface area contributed by atoms with Crippen LogP contribution in [0.3, 0.4) is 0 Å². The number of aryl methyl sites for hydroxylation is 1. The molecule has 1 aromatic rings. The molecule has 1 N–H and O–H groups in total. The zero-order chi connectivity index (χ0) is 15.7. The van der Waals surface area contributed by atoms with Crippen LogP contribution in [0.15, 0.2) is 24.3 Å². The predicted molar refractivity (Wildman–Crippen MR) is 87.9 cm³/mol. The number of carbonyl (C=O) groups excluding carboxylic acids is 1. The summed E-state index contributed by atoms with van der Waals surface area (Å²) in [5.74, 6) is 0.489. The number of benzene rings is 1. The number of piperidine rings is 1. The van der Waals surface area contributed by atoms with E-state index in [0.29, 0.717) is 12.5 Å². The van der Waals surface area contributed by atoms with E-state index in [1.165, 1.54) is 5.56 Å². The van der Waals surface area contributed by atoms with Crippen molar-refractivity contribution in [2.24, 2.45) is 5.92 Å². The maximum absolute atomic E-state index is 13.0. The van der Waals surface area contributed by atoms with Gasteiger partial charge in [0.25, 0.3) is 0 Å². The minimum atomic E-state index is -0.322. The molecule has 22 heavy (non-hydrogen) atoms. The van der Waals surface area contributed by atoms with Crippen molar-refractivity contribution in [3.63, 3.8) is 0 Å². The first kappa shape index (κ1) is 15.5. The molecule has 3 rings (SSSR count). The number of aliphatic hydroxyl groups excluding tert-OH is 1. The Kier molecular flexibility index (Phi) is 4.50. The average molecular weight is 302 g/mol. The van der Waals surface area contributed by atoms with Crippen LogP contribution in [0.25, 0.3) is 0 Å². The Morgan fingerprint density at radius 2 is 2.09 bits per heavy atom. The van der Waals surface area contributed by atoms with E-state index in [9.17, 15) is 9.90 Å². The monoisotopic (exact) mass is 302 g/mol. The minimum Gasteiger partial charge on any atom is -0.392 e. The lowest BCUT2D eigenvalue weighted by molar-refractivity contribution is -0.125. The van der Waals surface area contributed by atoms with Crippen LogP contribution < -0.4 is 4.90 Å². The number of hydrogen-bond donors (Lipinski definition) is 1. The van der Waals surface area contributed by atoms with Crippen molar-refractivity contribution in [3.8, 4) is 0 Å². The van der Waals surface area contributed by atoms with Crippen LogP contribution in [0.1, 0.15) is 32.3 Å². The second-order valence-corrected chi connectivity index (χ2v) is 6.73. The van der Waals surface area contributed by atoms with E-state index in [-0.39, 0.29) is 18.1 Å². The molecule has 1 fully saturated rings. The van der Waals surface area contributed by atoms with E-state index in [1.807, 2.05) is 30.0 Å². The quantitative estimate of drug-likeness (QED) is 0.909. The molecule has 3 unspecified atom stereocenters. The first-order chi connectivity index (χ1) is 10.6. The summed E-state index contributed by atoms with van der Waals surface area (Å²) >= 11 is 0. The van der Waals surface area contributed by atoms with E-state index in [2.05, 4.69) is 17.9 Å². The molecular weight excluding hydrogens is 276 g/mol. The lowest BCUT2D eigenvalue weighted by Gasteiger charge is -2.40. The Morgan fingerprint density at radius 1 is 1.32 bits per heavy atom. The van der Waals surface area contributed by atoms with Gasteiger partial charge in [-0.1, -0.05) is 25.1 Å². The summed E-state index contributed by atoms with van der Waals surface area (Å²) < 4.78 is 0. The molecule has 0 radical (unpaired) electrons. The molecule has 0 aromatic heterocycles. The number of aliphatic hydroxyl groups is 1. The van der Waals surface area contributed by atoms with Crippen LogP contribution in [0.2, 0.25) is 0 Å². The number of β-amino-alcohol motifs (C(OH)–C–C–N with tert-alkyl or cyclic N) is 1. The van der Waals surface area contributed by atoms with Crippen molar-refractivity contribution in [1.29, 1.82) is 0 Å². The smallest absolute Gasteiger partial charge is 0.244 e. The highest BCUT2D eigenvalue weighted by Gasteiger charge is 2.33. The summed E-state index contributed by atoms with van der Waals surface area (Å²) in [5, 5.41) is 10.1. The van der Waals surface area contributed by atoms with Crippen LogP contribution in [0.4, 0.5) is 5.69 Å². The van der Waals surface area contributed by atoms with E-state index in [4.69, 9.17) is 0 Å². The van der Waals surface area contributed by atoms with Crippen LogP contribution in [-0.4, -0.2) is 47.7 Å². The SMILES string of the molecule is CC1CCN(C(C)C(=O)N2CCCc3ccccc32)CC1O. The first-order valence-corrected chi connectivity index (χ1v) is 8.39. The maximum Gasteiger partial charge on any atom is 0.244 e. The molecule has 3 atom stereocenters. The summed E-state index contributed by atoms with van der Waals surface area (Å²) in [6.45, 7) is 6.34. The summed E-state index contributed by atoms with van der Waals surface area (Å²) in [4.78, 5) is 17.0. The molecular formula is C18H26N2O2. The minimum absolute atomic E-state index is 0.161. The van der Waals surface area contributed by atoms with Crippen LogP contribution in [-0.2, 0) is 11.2 Å². The summed E-state index contributed by atoms with van der Waals surface area (Å²) in [6, 6.07) is 8.03. The molecule has 1 amide bonds. The normalized spacial score (nSPS) is 27.3. The molecule has 4 nitrogen and oxygen atoms in total. The highest BCUT2D eigenvalue weighted by atomic mass is 16.3. The van der Waals surface area contributed by atoms with Gasteiger partial charge in [-0.2, -0.15) is 0 Å². The molecule has 0 aliphatic carbocycles. The predicted octanol–water partition coefficient (Wildman–Crippen LogP) is 2.06. The molecule has 2 aliphatic heterocycles. The van der Waals surface area contributed by atoms with Gasteiger partial charge in [0.05, 0.1) is 12.1 Å². The zero-order valence-corrected chi connectivity index (χ0v) is 13.5. The number of amides is 1. The first-order valence-electron chi connectivity index (χ1n) is 8.39. The molecule has 120 valence electrons. The number of nitrogens with zero attached hydrogens (tertiary/aromatic N) is 2. The van der Waals surface area contributed by atoms with Crippen molar-refractivity contribution < 1.29 is 9.90 Å². The van der Waals surface area contributed by atoms with Gasteiger partial charge in [0.15, 0.2) is 0 Å². The highest BCUT2D eigenvalue weighted by molar-refractivity contribution is 5.98.